The molecule has 1 heterocycles. The number of piperazine rings is 1. The van der Waals surface area contributed by atoms with E-state index in [0.29, 0.717) is 0 Å². The highest BCUT2D eigenvalue weighted by Crippen LogP contribution is 2.13. The van der Waals surface area contributed by atoms with E-state index in [9.17, 15) is 4.79 Å². The number of carbonyl (C=O) groups is 1. The van der Waals surface area contributed by atoms with E-state index in [1.54, 1.807) is 0 Å². The Bertz CT molecular complexity index is 408. The first kappa shape index (κ1) is 13.6. The summed E-state index contributed by atoms with van der Waals surface area (Å²) in [5.41, 5.74) is 0. The Hall–Kier alpha value is -0.820. The molecule has 1 aromatic rings. The second kappa shape index (κ2) is 6.38. The van der Waals surface area contributed by atoms with E-state index >= 15 is 0 Å². The third-order valence-electron chi connectivity index (χ3n) is 3.00. The summed E-state index contributed by atoms with van der Waals surface area (Å²) >= 11 is 2.24. The summed E-state index contributed by atoms with van der Waals surface area (Å²) in [4.78, 5) is 13.9. The second-order valence-electron chi connectivity index (χ2n) is 4.38. The van der Waals surface area contributed by atoms with Crippen LogP contribution in [0.25, 0.3) is 0 Å². The molecule has 5 heteroatoms. The summed E-state index contributed by atoms with van der Waals surface area (Å²) in [5.74, 6) is 0.800. The van der Waals surface area contributed by atoms with Crippen LogP contribution in [-0.2, 0) is 4.79 Å². The van der Waals surface area contributed by atoms with Gasteiger partial charge < -0.3 is 15.0 Å². The van der Waals surface area contributed by atoms with Gasteiger partial charge in [0.25, 0.3) is 5.91 Å². The van der Waals surface area contributed by atoms with Crippen molar-refractivity contribution in [3.05, 3.63) is 27.8 Å². The van der Waals surface area contributed by atoms with Gasteiger partial charge in [-0.1, -0.05) is 0 Å². The van der Waals surface area contributed by atoms with Crippen molar-refractivity contribution < 1.29 is 9.53 Å². The normalized spacial score (nSPS) is 19.7. The van der Waals surface area contributed by atoms with Crippen molar-refractivity contribution in [3.63, 3.8) is 0 Å². The lowest BCUT2D eigenvalue weighted by Gasteiger charge is -2.33. The molecule has 0 unspecified atom stereocenters. The van der Waals surface area contributed by atoms with E-state index in [1.807, 2.05) is 29.2 Å². The molecule has 1 fully saturated rings. The largest absolute Gasteiger partial charge is 0.484 e. The Morgan fingerprint density at radius 2 is 2.22 bits per heavy atom. The Kier molecular flexibility index (Phi) is 4.82. The van der Waals surface area contributed by atoms with E-state index < -0.39 is 0 Å². The van der Waals surface area contributed by atoms with E-state index in [2.05, 4.69) is 34.8 Å². The topological polar surface area (TPSA) is 41.6 Å². The maximum atomic E-state index is 12.0. The molecule has 0 saturated carbocycles. The van der Waals surface area contributed by atoms with Gasteiger partial charge in [0.05, 0.1) is 0 Å². The highest BCUT2D eigenvalue weighted by atomic mass is 127. The minimum absolute atomic E-state index is 0.0579. The van der Waals surface area contributed by atoms with Gasteiger partial charge in [-0.05, 0) is 53.8 Å². The fourth-order valence-corrected chi connectivity index (χ4v) is 2.33. The highest BCUT2D eigenvalue weighted by molar-refractivity contribution is 14.1. The zero-order valence-corrected chi connectivity index (χ0v) is 12.5. The van der Waals surface area contributed by atoms with Crippen LogP contribution in [0.15, 0.2) is 24.3 Å². The molecule has 0 spiro atoms. The van der Waals surface area contributed by atoms with Crippen LogP contribution in [0.2, 0.25) is 0 Å². The van der Waals surface area contributed by atoms with Gasteiger partial charge in [-0.25, -0.2) is 0 Å². The van der Waals surface area contributed by atoms with Crippen molar-refractivity contribution in [2.75, 3.05) is 26.2 Å². The summed E-state index contributed by atoms with van der Waals surface area (Å²) in [6.45, 7) is 4.64. The summed E-state index contributed by atoms with van der Waals surface area (Å²) in [7, 11) is 0. The number of amides is 1. The second-order valence-corrected chi connectivity index (χ2v) is 5.63. The number of nitrogens with zero attached hydrogens (tertiary/aromatic N) is 1. The van der Waals surface area contributed by atoms with Crippen LogP contribution in [0.3, 0.4) is 0 Å². The number of ether oxygens (including phenoxy) is 1. The average Bonchev–Trinajstić information content (AvgIpc) is 2.38. The average molecular weight is 360 g/mol. The lowest BCUT2D eigenvalue weighted by atomic mass is 10.2. The molecule has 1 saturated heterocycles. The molecule has 0 aliphatic carbocycles. The van der Waals surface area contributed by atoms with Crippen LogP contribution in [0.1, 0.15) is 6.92 Å². The molecular weight excluding hydrogens is 343 g/mol. The first-order valence-electron chi connectivity index (χ1n) is 6.05. The minimum atomic E-state index is 0.0579. The summed E-state index contributed by atoms with van der Waals surface area (Å²) in [6.07, 6.45) is 0. The van der Waals surface area contributed by atoms with Gasteiger partial charge in [-0.2, -0.15) is 0 Å². The van der Waals surface area contributed by atoms with Crippen LogP contribution in [0.4, 0.5) is 0 Å². The molecule has 1 aliphatic rings. The van der Waals surface area contributed by atoms with Crippen LogP contribution in [-0.4, -0.2) is 43.1 Å². The number of nitrogens with one attached hydrogen (secondary N) is 1. The maximum absolute atomic E-state index is 12.0. The molecule has 0 bridgehead atoms. The first-order valence-corrected chi connectivity index (χ1v) is 7.13. The number of benzene rings is 1. The maximum Gasteiger partial charge on any atom is 0.260 e. The van der Waals surface area contributed by atoms with Gasteiger partial charge in [0.2, 0.25) is 0 Å². The van der Waals surface area contributed by atoms with Gasteiger partial charge in [0.15, 0.2) is 6.61 Å². The molecule has 1 atom stereocenters. The van der Waals surface area contributed by atoms with Crippen LogP contribution in [0, 0.1) is 3.57 Å². The Balaban J connectivity index is 1.85. The lowest BCUT2D eigenvalue weighted by Crippen LogP contribution is -2.53. The van der Waals surface area contributed by atoms with E-state index in [1.165, 1.54) is 0 Å². The zero-order chi connectivity index (χ0) is 13.0. The minimum Gasteiger partial charge on any atom is -0.484 e. The smallest absolute Gasteiger partial charge is 0.260 e. The molecule has 0 aromatic heterocycles. The standard InChI is InChI=1S/C13H17IN2O2/c1-10-8-15-6-7-16(10)13(17)9-18-12-4-2-11(14)3-5-12/h2-5,10,15H,6-9H2,1H3/t10-/m1/s1. The van der Waals surface area contributed by atoms with Crippen LogP contribution < -0.4 is 10.1 Å². The molecule has 1 amide bonds. The molecule has 0 radical (unpaired) electrons. The summed E-state index contributed by atoms with van der Waals surface area (Å²) in [6, 6.07) is 7.94. The zero-order valence-electron chi connectivity index (χ0n) is 10.4. The number of hydrogen-bond donors (Lipinski definition) is 1. The van der Waals surface area contributed by atoms with Crippen molar-refractivity contribution in [2.45, 2.75) is 13.0 Å². The van der Waals surface area contributed by atoms with Crippen LogP contribution in [0.5, 0.6) is 5.75 Å². The lowest BCUT2D eigenvalue weighted by molar-refractivity contribution is -0.136. The highest BCUT2D eigenvalue weighted by Gasteiger charge is 2.22. The monoisotopic (exact) mass is 360 g/mol. The van der Waals surface area contributed by atoms with Crippen LogP contribution >= 0.6 is 22.6 Å². The first-order chi connectivity index (χ1) is 8.66. The third kappa shape index (κ3) is 3.58. The predicted molar refractivity (Wildman–Crippen MR) is 78.7 cm³/mol. The molecule has 98 valence electrons. The number of carbonyl (C=O) groups excluding carboxylic acids is 1. The van der Waals surface area contributed by atoms with Gasteiger partial charge in [-0.15, -0.1) is 0 Å². The molecule has 2 rings (SSSR count). The summed E-state index contributed by atoms with van der Waals surface area (Å²) < 4.78 is 6.66. The number of hydrogen-bond acceptors (Lipinski definition) is 3. The van der Waals surface area contributed by atoms with E-state index in [4.69, 9.17) is 4.74 Å². The van der Waals surface area contributed by atoms with Crippen molar-refractivity contribution in [2.24, 2.45) is 0 Å². The van der Waals surface area contributed by atoms with E-state index in [-0.39, 0.29) is 18.6 Å². The Labute approximate surface area is 121 Å². The number of halogens is 1. The third-order valence-corrected chi connectivity index (χ3v) is 3.72. The summed E-state index contributed by atoms with van der Waals surface area (Å²) in [5, 5.41) is 3.26. The van der Waals surface area contributed by atoms with Crippen molar-refractivity contribution in [1.29, 1.82) is 0 Å². The van der Waals surface area contributed by atoms with Gasteiger partial charge in [0, 0.05) is 29.2 Å². The van der Waals surface area contributed by atoms with E-state index in [0.717, 1.165) is 29.0 Å². The Morgan fingerprint density at radius 1 is 1.50 bits per heavy atom. The van der Waals surface area contributed by atoms with Gasteiger partial charge in [0.1, 0.15) is 5.75 Å². The fourth-order valence-electron chi connectivity index (χ4n) is 1.97. The predicted octanol–water partition coefficient (Wildman–Crippen LogP) is 1.49. The molecule has 4 nitrogen and oxygen atoms in total. The molecule has 1 aromatic carbocycles. The number of rotatable bonds is 3. The molecule has 1 aliphatic heterocycles. The molecular formula is C13H17IN2O2. The van der Waals surface area contributed by atoms with Crippen molar-refractivity contribution in [1.82, 2.24) is 10.2 Å². The Morgan fingerprint density at radius 3 is 2.89 bits per heavy atom. The molecule has 1 N–H and O–H groups in total. The van der Waals surface area contributed by atoms with Gasteiger partial charge >= 0.3 is 0 Å². The van der Waals surface area contributed by atoms with Gasteiger partial charge in [-0.3, -0.25) is 4.79 Å². The SMILES string of the molecule is C[C@@H]1CNCCN1C(=O)COc1ccc(I)cc1. The molecule has 18 heavy (non-hydrogen) atoms. The van der Waals surface area contributed by atoms with Crippen molar-refractivity contribution in [3.8, 4) is 5.75 Å². The quantitative estimate of drug-likeness (QED) is 0.831. The van der Waals surface area contributed by atoms with Crippen molar-refractivity contribution >= 4 is 28.5 Å². The fraction of sp³-hybridized carbons (Fsp3) is 0.462.